The van der Waals surface area contributed by atoms with Crippen molar-refractivity contribution in [3.63, 3.8) is 0 Å². The zero-order valence-electron chi connectivity index (χ0n) is 15.6. The second-order valence-corrected chi connectivity index (χ2v) is 5.95. The number of ether oxygens (including phenoxy) is 1. The molecule has 0 aliphatic rings. The van der Waals surface area contributed by atoms with Gasteiger partial charge in [-0.25, -0.2) is 4.39 Å². The van der Waals surface area contributed by atoms with Crippen molar-refractivity contribution in [2.75, 3.05) is 24.8 Å². The van der Waals surface area contributed by atoms with Crippen molar-refractivity contribution in [1.82, 2.24) is 25.1 Å². The van der Waals surface area contributed by atoms with Crippen LogP contribution in [0.4, 0.5) is 22.0 Å². The number of hydrogen-bond acceptors (Lipinski definition) is 9. The Morgan fingerprint density at radius 2 is 1.72 bits per heavy atom. The Morgan fingerprint density at radius 3 is 2.52 bits per heavy atom. The Kier molecular flexibility index (Phi) is 4.73. The molecule has 0 aliphatic carbocycles. The monoisotopic (exact) mass is 393 g/mol. The third kappa shape index (κ3) is 3.55. The summed E-state index contributed by atoms with van der Waals surface area (Å²) in [5, 5.41) is 3.93. The van der Waals surface area contributed by atoms with Crippen molar-refractivity contribution in [1.29, 1.82) is 0 Å². The van der Waals surface area contributed by atoms with Crippen LogP contribution < -0.4 is 15.4 Å². The average Bonchev–Trinajstić information content (AvgIpc) is 3.23. The van der Waals surface area contributed by atoms with E-state index in [0.29, 0.717) is 11.3 Å². The van der Waals surface area contributed by atoms with Crippen LogP contribution >= 0.6 is 0 Å². The average molecular weight is 393 g/mol. The van der Waals surface area contributed by atoms with Gasteiger partial charge in [0.15, 0.2) is 0 Å². The fourth-order valence-corrected chi connectivity index (χ4v) is 2.71. The molecule has 0 spiro atoms. The summed E-state index contributed by atoms with van der Waals surface area (Å²) < 4.78 is 24.8. The number of halogens is 1. The number of benzene rings is 2. The summed E-state index contributed by atoms with van der Waals surface area (Å²) in [5.41, 5.74) is 6.73. The summed E-state index contributed by atoms with van der Waals surface area (Å²) >= 11 is 0. The van der Waals surface area contributed by atoms with Crippen LogP contribution in [-0.4, -0.2) is 39.3 Å². The van der Waals surface area contributed by atoms with Crippen LogP contribution in [0.1, 0.15) is 0 Å². The van der Waals surface area contributed by atoms with Crippen LogP contribution in [-0.2, 0) is 0 Å². The molecule has 2 N–H and O–H groups in total. The fraction of sp³-hybridized carbons (Fsp3) is 0.105. The number of anilines is 3. The summed E-state index contributed by atoms with van der Waals surface area (Å²) in [5.74, 6) is 0.689. The molecule has 4 aromatic rings. The van der Waals surface area contributed by atoms with Gasteiger partial charge >= 0.3 is 0 Å². The van der Waals surface area contributed by atoms with E-state index in [-0.39, 0.29) is 35.1 Å². The molecule has 0 fully saturated rings. The minimum atomic E-state index is -0.423. The maximum atomic E-state index is 14.1. The third-order valence-electron chi connectivity index (χ3n) is 4.12. The van der Waals surface area contributed by atoms with E-state index in [0.717, 1.165) is 0 Å². The first-order valence-corrected chi connectivity index (χ1v) is 8.54. The fourth-order valence-electron chi connectivity index (χ4n) is 2.71. The molecule has 0 saturated heterocycles. The molecule has 0 atom stereocenters. The highest BCUT2D eigenvalue weighted by Gasteiger charge is 2.19. The second-order valence-electron chi connectivity index (χ2n) is 5.95. The van der Waals surface area contributed by atoms with Crippen molar-refractivity contribution in [3.8, 4) is 28.9 Å². The Bertz CT molecular complexity index is 1160. The highest BCUT2D eigenvalue weighted by Crippen LogP contribution is 2.30. The molecule has 0 amide bonds. The van der Waals surface area contributed by atoms with E-state index in [2.05, 4.69) is 25.1 Å². The van der Waals surface area contributed by atoms with Crippen LogP contribution in [0.15, 0.2) is 53.1 Å². The van der Waals surface area contributed by atoms with Crippen molar-refractivity contribution in [2.45, 2.75) is 0 Å². The Hall–Kier alpha value is -4.08. The maximum Gasteiger partial charge on any atom is 0.262 e. The van der Waals surface area contributed by atoms with E-state index in [9.17, 15) is 4.39 Å². The van der Waals surface area contributed by atoms with Gasteiger partial charge in [-0.2, -0.15) is 19.9 Å². The van der Waals surface area contributed by atoms with E-state index < -0.39 is 5.82 Å². The van der Waals surface area contributed by atoms with Crippen LogP contribution in [0.2, 0.25) is 0 Å². The van der Waals surface area contributed by atoms with Crippen LogP contribution in [0.5, 0.6) is 5.75 Å². The SMILES string of the molecule is COc1ccccc1-c1nc(-c2nc(N)nc(N(C)c3ccccc3F)n2)no1. The largest absolute Gasteiger partial charge is 0.496 e. The van der Waals surface area contributed by atoms with E-state index in [1.807, 2.05) is 12.1 Å². The quantitative estimate of drug-likeness (QED) is 0.546. The molecule has 4 rings (SSSR count). The summed E-state index contributed by atoms with van der Waals surface area (Å²) in [6, 6.07) is 13.5. The first-order chi connectivity index (χ1) is 14.1. The van der Waals surface area contributed by atoms with Gasteiger partial charge in [0.25, 0.3) is 5.89 Å². The Balaban J connectivity index is 1.72. The molecule has 10 heteroatoms. The van der Waals surface area contributed by atoms with Crippen LogP contribution in [0.25, 0.3) is 23.1 Å². The lowest BCUT2D eigenvalue weighted by molar-refractivity contribution is 0.405. The molecule has 2 aromatic heterocycles. The lowest BCUT2D eigenvalue weighted by atomic mass is 10.2. The first-order valence-electron chi connectivity index (χ1n) is 8.54. The molecule has 146 valence electrons. The number of nitrogens with zero attached hydrogens (tertiary/aromatic N) is 6. The van der Waals surface area contributed by atoms with Gasteiger partial charge in [0.2, 0.25) is 23.5 Å². The number of aromatic nitrogens is 5. The minimum Gasteiger partial charge on any atom is -0.496 e. The number of para-hydroxylation sites is 2. The van der Waals surface area contributed by atoms with Gasteiger partial charge in [-0.1, -0.05) is 29.4 Å². The molecule has 0 aliphatic heterocycles. The summed E-state index contributed by atoms with van der Waals surface area (Å²) in [6.45, 7) is 0. The minimum absolute atomic E-state index is 0.0585. The molecular formula is C19H16FN7O2. The molecule has 29 heavy (non-hydrogen) atoms. The molecule has 0 saturated carbocycles. The predicted octanol–water partition coefficient (Wildman–Crippen LogP) is 3.09. The second kappa shape index (κ2) is 7.50. The van der Waals surface area contributed by atoms with Gasteiger partial charge in [0, 0.05) is 7.05 Å². The molecular weight excluding hydrogens is 377 g/mol. The topological polar surface area (TPSA) is 116 Å². The van der Waals surface area contributed by atoms with Crippen LogP contribution in [0, 0.1) is 5.82 Å². The lowest BCUT2D eigenvalue weighted by Gasteiger charge is -2.17. The third-order valence-corrected chi connectivity index (χ3v) is 4.12. The van der Waals surface area contributed by atoms with Gasteiger partial charge in [0.1, 0.15) is 11.6 Å². The van der Waals surface area contributed by atoms with E-state index in [4.69, 9.17) is 15.0 Å². The van der Waals surface area contributed by atoms with E-state index in [1.54, 1.807) is 44.5 Å². The first kappa shape index (κ1) is 18.3. The predicted molar refractivity (Wildman–Crippen MR) is 104 cm³/mol. The van der Waals surface area contributed by atoms with Crippen molar-refractivity contribution < 1.29 is 13.7 Å². The van der Waals surface area contributed by atoms with Gasteiger partial charge in [-0.3, -0.25) is 0 Å². The molecule has 9 nitrogen and oxygen atoms in total. The standard InChI is InChI=1S/C19H16FN7O2/c1-27(13-9-5-4-8-12(13)20)19-24-15(23-18(21)25-19)16-22-17(29-26-16)11-7-3-6-10-14(11)28-2/h3-10H,1-2H3,(H2,21,23,24,25). The summed E-state index contributed by atoms with van der Waals surface area (Å²) in [4.78, 5) is 18.2. The van der Waals surface area contributed by atoms with Gasteiger partial charge in [-0.05, 0) is 24.3 Å². The number of rotatable bonds is 5. The highest BCUT2D eigenvalue weighted by molar-refractivity contribution is 5.64. The van der Waals surface area contributed by atoms with E-state index in [1.165, 1.54) is 11.0 Å². The normalized spacial score (nSPS) is 10.7. The summed E-state index contributed by atoms with van der Waals surface area (Å²) in [6.07, 6.45) is 0. The van der Waals surface area contributed by atoms with Gasteiger partial charge in [0.05, 0.1) is 18.4 Å². The number of nitrogens with two attached hydrogens (primary N) is 1. The molecule has 0 unspecified atom stereocenters. The highest BCUT2D eigenvalue weighted by atomic mass is 19.1. The van der Waals surface area contributed by atoms with Gasteiger partial charge in [-0.15, -0.1) is 0 Å². The van der Waals surface area contributed by atoms with Crippen molar-refractivity contribution in [2.24, 2.45) is 0 Å². The number of methoxy groups -OCH3 is 1. The van der Waals surface area contributed by atoms with E-state index >= 15 is 0 Å². The van der Waals surface area contributed by atoms with Crippen molar-refractivity contribution in [3.05, 3.63) is 54.3 Å². The lowest BCUT2D eigenvalue weighted by Crippen LogP contribution is -2.16. The maximum absolute atomic E-state index is 14.1. The Morgan fingerprint density at radius 1 is 0.966 bits per heavy atom. The van der Waals surface area contributed by atoms with Crippen molar-refractivity contribution >= 4 is 17.6 Å². The zero-order valence-corrected chi connectivity index (χ0v) is 15.6. The number of nitrogen functional groups attached to an aromatic ring is 1. The smallest absolute Gasteiger partial charge is 0.262 e. The summed E-state index contributed by atoms with van der Waals surface area (Å²) in [7, 11) is 3.17. The molecule has 2 aromatic carbocycles. The zero-order chi connectivity index (χ0) is 20.4. The number of hydrogen-bond donors (Lipinski definition) is 1. The van der Waals surface area contributed by atoms with Gasteiger partial charge < -0.3 is 19.9 Å². The van der Waals surface area contributed by atoms with Crippen LogP contribution in [0.3, 0.4) is 0 Å². The Labute approximate surface area is 165 Å². The molecule has 2 heterocycles. The molecule has 0 radical (unpaired) electrons. The molecule has 0 bridgehead atoms.